The lowest BCUT2D eigenvalue weighted by molar-refractivity contribution is 0.307. The number of para-hydroxylation sites is 1. The molecule has 0 N–H and O–H groups in total. The van der Waals surface area contributed by atoms with Gasteiger partial charge >= 0.3 is 0 Å². The molecule has 3 aromatic carbocycles. The van der Waals surface area contributed by atoms with Gasteiger partial charge in [-0.2, -0.15) is 5.26 Å². The van der Waals surface area contributed by atoms with Crippen LogP contribution in [-0.2, 0) is 13.0 Å². The molecule has 0 aliphatic carbocycles. The first kappa shape index (κ1) is 22.7. The Balaban J connectivity index is 1.79. The summed E-state index contributed by atoms with van der Waals surface area (Å²) in [5.74, 6) is 1.13. The molecule has 0 bridgehead atoms. The summed E-state index contributed by atoms with van der Waals surface area (Å²) in [5, 5.41) is 9.59. The van der Waals surface area contributed by atoms with Gasteiger partial charge in [0.25, 0.3) is 5.56 Å². The van der Waals surface area contributed by atoms with Crippen LogP contribution in [-0.4, -0.2) is 9.55 Å². The highest BCUT2D eigenvalue weighted by atomic mass is 127. The minimum Gasteiger partial charge on any atom is -0.488 e. The van der Waals surface area contributed by atoms with Crippen molar-refractivity contribution in [2.24, 2.45) is 0 Å². The summed E-state index contributed by atoms with van der Waals surface area (Å²) in [5.41, 5.74) is 3.00. The van der Waals surface area contributed by atoms with Gasteiger partial charge in [-0.15, -0.1) is 0 Å². The molecule has 6 heteroatoms. The second-order valence-corrected chi connectivity index (χ2v) is 9.02. The Morgan fingerprint density at radius 1 is 0.970 bits per heavy atom. The molecule has 0 saturated heterocycles. The molecule has 1 aromatic heterocycles. The smallest absolute Gasteiger partial charge is 0.272 e. The molecule has 164 valence electrons. The van der Waals surface area contributed by atoms with E-state index in [-0.39, 0.29) is 15.2 Å². The first-order valence-electron chi connectivity index (χ1n) is 10.6. The van der Waals surface area contributed by atoms with E-state index in [1.54, 1.807) is 11.5 Å². The van der Waals surface area contributed by atoms with E-state index in [4.69, 9.17) is 9.72 Å². The average molecular weight is 547 g/mol. The van der Waals surface area contributed by atoms with Gasteiger partial charge in [0.1, 0.15) is 29.8 Å². The van der Waals surface area contributed by atoms with E-state index in [0.29, 0.717) is 35.9 Å². The number of alkyl halides is 1. The Bertz CT molecular complexity index is 1350. The van der Waals surface area contributed by atoms with Crippen molar-refractivity contribution in [3.63, 3.8) is 0 Å². The zero-order chi connectivity index (χ0) is 23.2. The van der Waals surface area contributed by atoms with E-state index in [9.17, 15) is 10.1 Å². The third-order valence-electron chi connectivity index (χ3n) is 5.30. The topological polar surface area (TPSA) is 67.9 Å². The van der Waals surface area contributed by atoms with E-state index < -0.39 is 0 Å². The zero-order valence-corrected chi connectivity index (χ0v) is 20.3. The summed E-state index contributed by atoms with van der Waals surface area (Å²) in [6, 6.07) is 29.5. The first-order chi connectivity index (χ1) is 16.1. The fourth-order valence-corrected chi connectivity index (χ4v) is 4.66. The molecule has 0 saturated carbocycles. The minimum atomic E-state index is -0.340. The maximum Gasteiger partial charge on any atom is 0.272 e. The van der Waals surface area contributed by atoms with Crippen molar-refractivity contribution in [1.29, 1.82) is 5.26 Å². The average Bonchev–Trinajstić information content (AvgIpc) is 2.84. The van der Waals surface area contributed by atoms with Crippen molar-refractivity contribution in [2.45, 2.75) is 24.0 Å². The number of aryl methyl sites for hydroxylation is 1. The van der Waals surface area contributed by atoms with Gasteiger partial charge in [-0.3, -0.25) is 9.36 Å². The predicted molar refractivity (Wildman–Crippen MR) is 137 cm³/mol. The molecule has 0 fully saturated rings. The van der Waals surface area contributed by atoms with E-state index in [2.05, 4.69) is 22.6 Å². The highest BCUT2D eigenvalue weighted by Gasteiger charge is 2.22. The highest BCUT2D eigenvalue weighted by molar-refractivity contribution is 14.1. The minimum absolute atomic E-state index is 0.0659. The molecular formula is C27H22IN3O2. The molecule has 4 rings (SSSR count). The van der Waals surface area contributed by atoms with Gasteiger partial charge < -0.3 is 4.74 Å². The van der Waals surface area contributed by atoms with Gasteiger partial charge in [-0.05, 0) is 30.2 Å². The van der Waals surface area contributed by atoms with Gasteiger partial charge in [0.2, 0.25) is 0 Å². The number of benzene rings is 3. The largest absolute Gasteiger partial charge is 0.488 e. The zero-order valence-electron chi connectivity index (χ0n) is 18.1. The van der Waals surface area contributed by atoms with Crippen LogP contribution in [0.2, 0.25) is 0 Å². The molecule has 4 aromatic rings. The lowest BCUT2D eigenvalue weighted by atomic mass is 10.1. The number of hydrogen-bond donors (Lipinski definition) is 0. The number of rotatable bonds is 7. The quantitative estimate of drug-likeness (QED) is 0.215. The second-order valence-electron chi connectivity index (χ2n) is 7.58. The van der Waals surface area contributed by atoms with Crippen LogP contribution in [0, 0.1) is 18.3 Å². The Labute approximate surface area is 206 Å². The summed E-state index contributed by atoms with van der Waals surface area (Å²) in [6.45, 7) is 2.09. The maximum absolute atomic E-state index is 13.4. The number of hydrogen-bond acceptors (Lipinski definition) is 4. The van der Waals surface area contributed by atoms with Gasteiger partial charge in [-0.1, -0.05) is 95.4 Å². The van der Waals surface area contributed by atoms with Gasteiger partial charge in [0, 0.05) is 6.42 Å². The van der Waals surface area contributed by atoms with E-state index >= 15 is 0 Å². The van der Waals surface area contributed by atoms with Crippen molar-refractivity contribution < 1.29 is 4.74 Å². The summed E-state index contributed by atoms with van der Waals surface area (Å²) < 4.78 is 7.52. The SMILES string of the molecule is Cc1nc(-c2ccccc2OCc2ccccc2)n(C(I)Cc2ccccc2)c(=O)c1C#N. The molecule has 5 nitrogen and oxygen atoms in total. The molecule has 1 heterocycles. The summed E-state index contributed by atoms with van der Waals surface area (Å²) >= 11 is 2.25. The van der Waals surface area contributed by atoms with Gasteiger partial charge in [0.05, 0.1) is 15.3 Å². The van der Waals surface area contributed by atoms with E-state index in [1.807, 2.05) is 91.0 Å². The molecule has 33 heavy (non-hydrogen) atoms. The highest BCUT2D eigenvalue weighted by Crippen LogP contribution is 2.33. The number of halogens is 1. The maximum atomic E-state index is 13.4. The van der Waals surface area contributed by atoms with E-state index in [1.165, 1.54) is 0 Å². The molecule has 1 unspecified atom stereocenters. The molecular weight excluding hydrogens is 525 g/mol. The van der Waals surface area contributed by atoms with E-state index in [0.717, 1.165) is 11.1 Å². The Kier molecular flexibility index (Phi) is 7.20. The standard InChI is InChI=1S/C27H22IN3O2/c1-19-23(17-29)27(32)31(25(28)16-20-10-4-2-5-11-20)26(30-19)22-14-8-9-15-24(22)33-18-21-12-6-3-7-13-21/h2-15,25H,16,18H2,1H3. The molecule has 0 amide bonds. The number of ether oxygens (including phenoxy) is 1. The fourth-order valence-electron chi connectivity index (χ4n) is 3.63. The normalized spacial score (nSPS) is 11.5. The second kappa shape index (κ2) is 10.5. The number of aromatic nitrogens is 2. The van der Waals surface area contributed by atoms with Crippen molar-refractivity contribution >= 4 is 22.6 Å². The Morgan fingerprint density at radius 3 is 2.24 bits per heavy atom. The monoisotopic (exact) mass is 547 g/mol. The third-order valence-corrected chi connectivity index (χ3v) is 6.30. The lowest BCUT2D eigenvalue weighted by Crippen LogP contribution is -2.29. The van der Waals surface area contributed by atoms with Crippen molar-refractivity contribution in [2.75, 3.05) is 0 Å². The van der Waals surface area contributed by atoms with Crippen LogP contribution >= 0.6 is 22.6 Å². The van der Waals surface area contributed by atoms with Crippen LogP contribution in [0.3, 0.4) is 0 Å². The molecule has 0 spiro atoms. The fraction of sp³-hybridized carbons (Fsp3) is 0.148. The van der Waals surface area contributed by atoms with Crippen LogP contribution < -0.4 is 10.3 Å². The van der Waals surface area contributed by atoms with Gasteiger partial charge in [-0.25, -0.2) is 4.98 Å². The van der Waals surface area contributed by atoms with Crippen LogP contribution in [0.15, 0.2) is 89.7 Å². The predicted octanol–water partition coefficient (Wildman–Crippen LogP) is 5.85. The van der Waals surface area contributed by atoms with Crippen molar-refractivity contribution in [3.8, 4) is 23.2 Å². The summed E-state index contributed by atoms with van der Waals surface area (Å²) in [4.78, 5) is 18.1. The Hall–Kier alpha value is -3.44. The lowest BCUT2D eigenvalue weighted by Gasteiger charge is -2.21. The van der Waals surface area contributed by atoms with Crippen LogP contribution in [0.25, 0.3) is 11.4 Å². The third kappa shape index (κ3) is 5.15. The van der Waals surface area contributed by atoms with Crippen molar-refractivity contribution in [3.05, 3.63) is 118 Å². The van der Waals surface area contributed by atoms with Crippen LogP contribution in [0.4, 0.5) is 0 Å². The van der Waals surface area contributed by atoms with Gasteiger partial charge in [0.15, 0.2) is 0 Å². The molecule has 0 aliphatic rings. The van der Waals surface area contributed by atoms with Crippen molar-refractivity contribution in [1.82, 2.24) is 9.55 Å². The summed E-state index contributed by atoms with van der Waals surface area (Å²) in [6.07, 6.45) is 0.622. The molecule has 0 aliphatic heterocycles. The molecule has 1 atom stereocenters. The first-order valence-corrected chi connectivity index (χ1v) is 11.8. The number of nitrogens with zero attached hydrogens (tertiary/aromatic N) is 3. The number of nitriles is 1. The Morgan fingerprint density at radius 2 is 1.58 bits per heavy atom. The summed E-state index contributed by atoms with van der Waals surface area (Å²) in [7, 11) is 0. The van der Waals surface area contributed by atoms with Crippen LogP contribution in [0.5, 0.6) is 5.75 Å². The molecule has 0 radical (unpaired) electrons. The van der Waals surface area contributed by atoms with Crippen LogP contribution in [0.1, 0.15) is 26.4 Å².